The molecule has 0 atom stereocenters. The molecule has 1 amide bonds. The van der Waals surface area contributed by atoms with Gasteiger partial charge in [-0.05, 0) is 48.5 Å². The summed E-state index contributed by atoms with van der Waals surface area (Å²) in [5, 5.41) is 8.02. The molecule has 1 N–H and O–H groups in total. The minimum Gasteiger partial charge on any atom is -0.497 e. The molecule has 156 valence electrons. The average molecular weight is 434 g/mol. The van der Waals surface area contributed by atoms with E-state index in [1.165, 1.54) is 0 Å². The number of ether oxygens (including phenoxy) is 2. The zero-order valence-electron chi connectivity index (χ0n) is 16.8. The van der Waals surface area contributed by atoms with Crippen molar-refractivity contribution in [1.82, 2.24) is 9.78 Å². The van der Waals surface area contributed by atoms with Crippen LogP contribution in [0.1, 0.15) is 0 Å². The van der Waals surface area contributed by atoms with E-state index in [2.05, 4.69) is 5.32 Å². The van der Waals surface area contributed by atoms with Gasteiger partial charge in [-0.15, -0.1) is 0 Å². The lowest BCUT2D eigenvalue weighted by molar-refractivity contribution is -0.118. The van der Waals surface area contributed by atoms with Crippen LogP contribution < -0.4 is 14.8 Å². The van der Waals surface area contributed by atoms with E-state index in [0.717, 1.165) is 17.0 Å². The van der Waals surface area contributed by atoms with E-state index >= 15 is 0 Å². The van der Waals surface area contributed by atoms with Crippen LogP contribution >= 0.6 is 11.6 Å². The zero-order valence-corrected chi connectivity index (χ0v) is 17.5. The first-order chi connectivity index (χ1) is 15.1. The second-order valence-electron chi connectivity index (χ2n) is 6.66. The molecule has 0 aliphatic rings. The highest BCUT2D eigenvalue weighted by Crippen LogP contribution is 2.27. The highest BCUT2D eigenvalue weighted by molar-refractivity contribution is 6.32. The highest BCUT2D eigenvalue weighted by Gasteiger charge is 2.15. The van der Waals surface area contributed by atoms with Crippen molar-refractivity contribution in [1.29, 1.82) is 0 Å². The van der Waals surface area contributed by atoms with Gasteiger partial charge in [0.15, 0.2) is 6.61 Å². The summed E-state index contributed by atoms with van der Waals surface area (Å²) in [5.41, 5.74) is 2.44. The number of carbonyl (C=O) groups is 1. The Bertz CT molecular complexity index is 1170. The van der Waals surface area contributed by atoms with Crippen LogP contribution in [0.15, 0.2) is 84.9 Å². The van der Waals surface area contributed by atoms with Crippen molar-refractivity contribution in [3.8, 4) is 28.4 Å². The normalized spacial score (nSPS) is 10.5. The van der Waals surface area contributed by atoms with E-state index in [0.29, 0.717) is 22.3 Å². The number of benzene rings is 3. The fourth-order valence-electron chi connectivity index (χ4n) is 3.02. The van der Waals surface area contributed by atoms with Crippen molar-refractivity contribution >= 4 is 23.3 Å². The lowest BCUT2D eigenvalue weighted by atomic mass is 10.1. The molecule has 4 aromatic rings. The quantitative estimate of drug-likeness (QED) is 0.434. The third kappa shape index (κ3) is 4.87. The summed E-state index contributed by atoms with van der Waals surface area (Å²) < 4.78 is 12.5. The zero-order chi connectivity index (χ0) is 21.6. The second kappa shape index (κ2) is 9.36. The lowest BCUT2D eigenvalue weighted by Gasteiger charge is -2.10. The first-order valence-electron chi connectivity index (χ1n) is 9.61. The Hall–Kier alpha value is -3.77. The number of nitrogens with zero attached hydrogens (tertiary/aromatic N) is 2. The minimum absolute atomic E-state index is 0.179. The van der Waals surface area contributed by atoms with Crippen LogP contribution in [0.2, 0.25) is 5.02 Å². The Morgan fingerprint density at radius 2 is 1.71 bits per heavy atom. The first-order valence-corrected chi connectivity index (χ1v) is 9.99. The molecule has 6 nitrogen and oxygen atoms in total. The summed E-state index contributed by atoms with van der Waals surface area (Å²) in [6, 6.07) is 26.0. The number of methoxy groups -OCH3 is 1. The molecule has 0 unspecified atom stereocenters. The number of hydrogen-bond acceptors (Lipinski definition) is 4. The number of para-hydroxylation sites is 2. The molecule has 7 heteroatoms. The van der Waals surface area contributed by atoms with Gasteiger partial charge in [-0.2, -0.15) is 5.10 Å². The molecule has 1 aromatic heterocycles. The van der Waals surface area contributed by atoms with Crippen LogP contribution in [-0.4, -0.2) is 29.4 Å². The number of nitrogens with one attached hydrogen (secondary N) is 1. The fraction of sp³-hybridized carbons (Fsp3) is 0.0833. The number of halogens is 1. The summed E-state index contributed by atoms with van der Waals surface area (Å²) >= 11 is 6.09. The third-order valence-electron chi connectivity index (χ3n) is 4.56. The van der Waals surface area contributed by atoms with E-state index in [1.54, 1.807) is 36.1 Å². The molecule has 0 radical (unpaired) electrons. The van der Waals surface area contributed by atoms with Crippen molar-refractivity contribution in [2.75, 3.05) is 19.0 Å². The smallest absolute Gasteiger partial charge is 0.263 e. The highest BCUT2D eigenvalue weighted by atomic mass is 35.5. The average Bonchev–Trinajstić information content (AvgIpc) is 3.23. The van der Waals surface area contributed by atoms with E-state index in [9.17, 15) is 4.79 Å². The largest absolute Gasteiger partial charge is 0.497 e. The van der Waals surface area contributed by atoms with Crippen LogP contribution in [-0.2, 0) is 4.79 Å². The van der Waals surface area contributed by atoms with Crippen molar-refractivity contribution in [2.24, 2.45) is 0 Å². The summed E-state index contributed by atoms with van der Waals surface area (Å²) in [5.74, 6) is 1.43. The van der Waals surface area contributed by atoms with Gasteiger partial charge < -0.3 is 14.8 Å². The van der Waals surface area contributed by atoms with Gasteiger partial charge in [0.05, 0.1) is 23.5 Å². The van der Waals surface area contributed by atoms with Gasteiger partial charge in [-0.25, -0.2) is 4.68 Å². The molecule has 0 aliphatic carbocycles. The number of carbonyl (C=O) groups excluding carboxylic acids is 1. The lowest BCUT2D eigenvalue weighted by Crippen LogP contribution is -2.22. The van der Waals surface area contributed by atoms with Gasteiger partial charge in [0.1, 0.15) is 17.3 Å². The van der Waals surface area contributed by atoms with E-state index < -0.39 is 0 Å². The number of rotatable bonds is 7. The van der Waals surface area contributed by atoms with Crippen molar-refractivity contribution in [3.05, 3.63) is 90.0 Å². The molecule has 0 saturated carbocycles. The Balaban J connectivity index is 1.58. The van der Waals surface area contributed by atoms with Crippen molar-refractivity contribution in [2.45, 2.75) is 0 Å². The Morgan fingerprint density at radius 3 is 2.42 bits per heavy atom. The molecule has 4 rings (SSSR count). The molecular weight excluding hydrogens is 414 g/mol. The summed E-state index contributed by atoms with van der Waals surface area (Å²) in [6.07, 6.45) is 0. The first kappa shape index (κ1) is 20.5. The predicted octanol–water partition coefficient (Wildman–Crippen LogP) is 5.22. The van der Waals surface area contributed by atoms with Crippen LogP contribution in [0.3, 0.4) is 0 Å². The predicted molar refractivity (Wildman–Crippen MR) is 121 cm³/mol. The molecular formula is C24H20ClN3O3. The van der Waals surface area contributed by atoms with Gasteiger partial charge in [-0.1, -0.05) is 41.9 Å². The molecule has 0 saturated heterocycles. The van der Waals surface area contributed by atoms with Gasteiger partial charge in [0.25, 0.3) is 5.91 Å². The van der Waals surface area contributed by atoms with Crippen molar-refractivity contribution in [3.63, 3.8) is 0 Å². The number of aromatic nitrogens is 2. The molecule has 0 bridgehead atoms. The molecule has 3 aromatic carbocycles. The molecule has 0 spiro atoms. The SMILES string of the molecule is COc1ccc(-c2cc(NC(=O)COc3ccccc3Cl)n(-c3ccccc3)n2)cc1. The van der Waals surface area contributed by atoms with Gasteiger partial charge in [-0.3, -0.25) is 4.79 Å². The topological polar surface area (TPSA) is 65.4 Å². The Morgan fingerprint density at radius 1 is 1.00 bits per heavy atom. The Kier molecular flexibility index (Phi) is 6.19. The van der Waals surface area contributed by atoms with Gasteiger partial charge in [0, 0.05) is 11.6 Å². The molecule has 31 heavy (non-hydrogen) atoms. The van der Waals surface area contributed by atoms with Gasteiger partial charge in [0.2, 0.25) is 0 Å². The van der Waals surface area contributed by atoms with Crippen LogP contribution in [0.4, 0.5) is 5.82 Å². The summed E-state index contributed by atoms with van der Waals surface area (Å²) in [6.45, 7) is -0.179. The van der Waals surface area contributed by atoms with Crippen molar-refractivity contribution < 1.29 is 14.3 Å². The minimum atomic E-state index is -0.321. The standard InChI is InChI=1S/C24H20ClN3O3/c1-30-19-13-11-17(12-14-19)21-15-23(28(27-21)18-7-3-2-4-8-18)26-24(29)16-31-22-10-6-5-9-20(22)25/h2-15H,16H2,1H3,(H,26,29). The maximum Gasteiger partial charge on any atom is 0.263 e. The maximum absolute atomic E-state index is 12.6. The third-order valence-corrected chi connectivity index (χ3v) is 4.87. The Labute approximate surface area is 185 Å². The second-order valence-corrected chi connectivity index (χ2v) is 7.07. The van der Waals surface area contributed by atoms with Crippen LogP contribution in [0.25, 0.3) is 16.9 Å². The number of hydrogen-bond donors (Lipinski definition) is 1. The molecule has 0 fully saturated rings. The summed E-state index contributed by atoms with van der Waals surface area (Å²) in [4.78, 5) is 12.6. The summed E-state index contributed by atoms with van der Waals surface area (Å²) in [7, 11) is 1.62. The number of anilines is 1. The molecule has 1 heterocycles. The van der Waals surface area contributed by atoms with E-state index in [1.807, 2.05) is 60.7 Å². The van der Waals surface area contributed by atoms with Crippen LogP contribution in [0, 0.1) is 0 Å². The van der Waals surface area contributed by atoms with E-state index in [4.69, 9.17) is 26.2 Å². The van der Waals surface area contributed by atoms with E-state index in [-0.39, 0.29) is 12.5 Å². The van der Waals surface area contributed by atoms with Gasteiger partial charge >= 0.3 is 0 Å². The molecule has 0 aliphatic heterocycles. The van der Waals surface area contributed by atoms with Crippen LogP contribution in [0.5, 0.6) is 11.5 Å². The monoisotopic (exact) mass is 433 g/mol. The number of amides is 1. The maximum atomic E-state index is 12.6. The fourth-order valence-corrected chi connectivity index (χ4v) is 3.21.